The lowest BCUT2D eigenvalue weighted by atomic mass is 10.1. The molecule has 3 aromatic rings. The Morgan fingerprint density at radius 3 is 2.48 bits per heavy atom. The first-order valence-corrected chi connectivity index (χ1v) is 7.83. The summed E-state index contributed by atoms with van der Waals surface area (Å²) < 4.78 is 6.96. The first-order valence-electron chi connectivity index (χ1n) is 7.83. The highest BCUT2D eigenvalue weighted by Crippen LogP contribution is 2.22. The Morgan fingerprint density at radius 2 is 1.88 bits per heavy atom. The Balaban J connectivity index is 2.45. The van der Waals surface area contributed by atoms with Gasteiger partial charge in [-0.1, -0.05) is 0 Å². The Kier molecular flexibility index (Phi) is 4.27. The molecule has 0 saturated heterocycles. The number of allylic oxidation sites excluding steroid dienone is 1. The number of aliphatic hydroxyl groups is 1. The summed E-state index contributed by atoms with van der Waals surface area (Å²) in [6, 6.07) is 9.21. The van der Waals surface area contributed by atoms with Crippen LogP contribution in [0.3, 0.4) is 0 Å². The standard InChI is InChI=1S/C19H19N3O3/c1-11-9-12(2)20-18-17(11)19(24)21-16(10-13(3)23)22(18)14-5-7-15(25-4)8-6-14/h5-10,23H,1-4H3/b13-10-. The molecule has 1 N–H and O–H groups in total. The summed E-state index contributed by atoms with van der Waals surface area (Å²) in [5, 5.41) is 10.2. The van der Waals surface area contributed by atoms with E-state index in [0.717, 1.165) is 22.7 Å². The number of ether oxygens (including phenoxy) is 1. The average molecular weight is 337 g/mol. The molecule has 128 valence electrons. The van der Waals surface area contributed by atoms with Crippen LogP contribution in [-0.4, -0.2) is 26.8 Å². The summed E-state index contributed by atoms with van der Waals surface area (Å²) >= 11 is 0. The Labute approximate surface area is 145 Å². The van der Waals surface area contributed by atoms with Gasteiger partial charge in [-0.15, -0.1) is 0 Å². The lowest BCUT2D eigenvalue weighted by Crippen LogP contribution is -2.18. The van der Waals surface area contributed by atoms with Crippen LogP contribution in [-0.2, 0) is 0 Å². The number of hydrogen-bond donors (Lipinski definition) is 1. The number of fused-ring (bicyclic) bond motifs is 1. The Morgan fingerprint density at radius 1 is 1.20 bits per heavy atom. The Bertz CT molecular complexity index is 1030. The van der Waals surface area contributed by atoms with Crippen LogP contribution >= 0.6 is 0 Å². The monoisotopic (exact) mass is 337 g/mol. The molecule has 3 rings (SSSR count). The summed E-state index contributed by atoms with van der Waals surface area (Å²) in [5.74, 6) is 1.09. The van der Waals surface area contributed by atoms with Crippen molar-refractivity contribution in [2.45, 2.75) is 20.8 Å². The molecule has 1 aromatic carbocycles. The van der Waals surface area contributed by atoms with Crippen LogP contribution in [0.25, 0.3) is 22.8 Å². The van der Waals surface area contributed by atoms with E-state index in [0.29, 0.717) is 16.9 Å². The van der Waals surface area contributed by atoms with E-state index in [1.807, 2.05) is 44.2 Å². The zero-order valence-electron chi connectivity index (χ0n) is 14.6. The predicted octanol–water partition coefficient (Wildman–Crippen LogP) is 3.32. The van der Waals surface area contributed by atoms with Gasteiger partial charge in [0.25, 0.3) is 5.56 Å². The zero-order valence-corrected chi connectivity index (χ0v) is 14.6. The van der Waals surface area contributed by atoms with Crippen LogP contribution in [0.1, 0.15) is 24.0 Å². The van der Waals surface area contributed by atoms with Crippen molar-refractivity contribution in [3.05, 3.63) is 63.5 Å². The van der Waals surface area contributed by atoms with Gasteiger partial charge in [0.15, 0.2) is 5.65 Å². The van der Waals surface area contributed by atoms with E-state index < -0.39 is 0 Å². The number of methoxy groups -OCH3 is 1. The lowest BCUT2D eigenvalue weighted by Gasteiger charge is -2.15. The van der Waals surface area contributed by atoms with Crippen LogP contribution in [0.4, 0.5) is 0 Å². The fourth-order valence-electron chi connectivity index (χ4n) is 2.83. The second-order valence-corrected chi connectivity index (χ2v) is 5.87. The summed E-state index contributed by atoms with van der Waals surface area (Å²) in [5.41, 5.74) is 2.53. The van der Waals surface area contributed by atoms with Crippen molar-refractivity contribution in [1.82, 2.24) is 14.5 Å². The third kappa shape index (κ3) is 3.10. The number of aromatic nitrogens is 3. The summed E-state index contributed by atoms with van der Waals surface area (Å²) in [7, 11) is 1.60. The highest BCUT2D eigenvalue weighted by atomic mass is 16.5. The molecule has 0 radical (unpaired) electrons. The maximum Gasteiger partial charge on any atom is 0.283 e. The van der Waals surface area contributed by atoms with Crippen molar-refractivity contribution in [2.75, 3.05) is 7.11 Å². The number of benzene rings is 1. The molecule has 0 unspecified atom stereocenters. The maximum atomic E-state index is 12.5. The number of pyridine rings is 1. The fraction of sp³-hybridized carbons (Fsp3) is 0.211. The van der Waals surface area contributed by atoms with Crippen LogP contribution < -0.4 is 10.3 Å². The van der Waals surface area contributed by atoms with E-state index in [1.54, 1.807) is 11.7 Å². The third-order valence-corrected chi connectivity index (χ3v) is 3.87. The van der Waals surface area contributed by atoms with Crippen LogP contribution in [0.5, 0.6) is 5.75 Å². The van der Waals surface area contributed by atoms with E-state index >= 15 is 0 Å². The van der Waals surface area contributed by atoms with Crippen molar-refractivity contribution in [3.8, 4) is 11.4 Å². The van der Waals surface area contributed by atoms with Crippen molar-refractivity contribution < 1.29 is 9.84 Å². The van der Waals surface area contributed by atoms with E-state index in [1.165, 1.54) is 13.0 Å². The molecule has 2 heterocycles. The van der Waals surface area contributed by atoms with Crippen molar-refractivity contribution >= 4 is 17.1 Å². The first kappa shape index (κ1) is 16.7. The van der Waals surface area contributed by atoms with Gasteiger partial charge < -0.3 is 9.84 Å². The van der Waals surface area contributed by atoms with Gasteiger partial charge in [0.1, 0.15) is 11.6 Å². The topological polar surface area (TPSA) is 77.2 Å². The summed E-state index contributed by atoms with van der Waals surface area (Å²) in [6.07, 6.45) is 1.45. The molecule has 0 aliphatic carbocycles. The molecule has 0 saturated carbocycles. The minimum absolute atomic E-state index is 0.0536. The summed E-state index contributed by atoms with van der Waals surface area (Å²) in [4.78, 5) is 21.2. The van der Waals surface area contributed by atoms with E-state index in [4.69, 9.17) is 4.74 Å². The minimum Gasteiger partial charge on any atom is -0.512 e. The number of rotatable bonds is 3. The SMILES string of the molecule is COc1ccc(-n2c(/C=C(/C)O)nc(=O)c3c(C)cc(C)nc32)cc1. The number of aliphatic hydroxyl groups excluding tert-OH is 1. The van der Waals surface area contributed by atoms with Crippen LogP contribution in [0, 0.1) is 13.8 Å². The summed E-state index contributed by atoms with van der Waals surface area (Å²) in [6.45, 7) is 5.28. The van der Waals surface area contributed by atoms with Gasteiger partial charge in [-0.25, -0.2) is 4.98 Å². The van der Waals surface area contributed by atoms with Gasteiger partial charge in [0.05, 0.1) is 18.3 Å². The van der Waals surface area contributed by atoms with Gasteiger partial charge in [0.2, 0.25) is 0 Å². The molecule has 0 atom stereocenters. The molecule has 25 heavy (non-hydrogen) atoms. The second kappa shape index (κ2) is 6.39. The molecular weight excluding hydrogens is 318 g/mol. The van der Waals surface area contributed by atoms with E-state index in [9.17, 15) is 9.90 Å². The molecular formula is C19H19N3O3. The number of nitrogens with zero attached hydrogens (tertiary/aromatic N) is 3. The lowest BCUT2D eigenvalue weighted by molar-refractivity contribution is 0.414. The molecule has 0 aliphatic heterocycles. The molecule has 6 heteroatoms. The third-order valence-electron chi connectivity index (χ3n) is 3.87. The molecule has 0 amide bonds. The van der Waals surface area contributed by atoms with Crippen molar-refractivity contribution in [3.63, 3.8) is 0 Å². The molecule has 6 nitrogen and oxygen atoms in total. The van der Waals surface area contributed by atoms with Gasteiger partial charge >= 0.3 is 0 Å². The van der Waals surface area contributed by atoms with Gasteiger partial charge in [-0.3, -0.25) is 9.36 Å². The minimum atomic E-state index is -0.364. The smallest absolute Gasteiger partial charge is 0.283 e. The quantitative estimate of drug-likeness (QED) is 0.742. The highest BCUT2D eigenvalue weighted by Gasteiger charge is 2.15. The molecule has 0 fully saturated rings. The van der Waals surface area contributed by atoms with Crippen molar-refractivity contribution in [2.24, 2.45) is 0 Å². The largest absolute Gasteiger partial charge is 0.512 e. The number of aryl methyl sites for hydroxylation is 2. The maximum absolute atomic E-state index is 12.5. The van der Waals surface area contributed by atoms with Crippen molar-refractivity contribution in [1.29, 1.82) is 0 Å². The van der Waals surface area contributed by atoms with Gasteiger partial charge in [0, 0.05) is 17.5 Å². The van der Waals surface area contributed by atoms with Gasteiger partial charge in [-0.05, 0) is 56.7 Å². The Hall–Kier alpha value is -3.15. The molecule has 0 spiro atoms. The normalized spacial score (nSPS) is 11.8. The molecule has 2 aromatic heterocycles. The predicted molar refractivity (Wildman–Crippen MR) is 97.4 cm³/mol. The average Bonchev–Trinajstić information content (AvgIpc) is 2.54. The number of hydrogen-bond acceptors (Lipinski definition) is 5. The second-order valence-electron chi connectivity index (χ2n) is 5.87. The molecule has 0 aliphatic rings. The zero-order chi connectivity index (χ0) is 18.1. The highest BCUT2D eigenvalue weighted by molar-refractivity contribution is 5.81. The van der Waals surface area contributed by atoms with Crippen LogP contribution in [0.15, 0.2) is 40.9 Å². The van der Waals surface area contributed by atoms with E-state index in [2.05, 4.69) is 9.97 Å². The first-order chi connectivity index (χ1) is 11.9. The van der Waals surface area contributed by atoms with Crippen LogP contribution in [0.2, 0.25) is 0 Å². The fourth-order valence-corrected chi connectivity index (χ4v) is 2.83. The van der Waals surface area contributed by atoms with Gasteiger partial charge in [-0.2, -0.15) is 4.98 Å². The molecule has 0 bridgehead atoms. The van der Waals surface area contributed by atoms with E-state index in [-0.39, 0.29) is 11.3 Å².